The van der Waals surface area contributed by atoms with E-state index in [9.17, 15) is 0 Å². The molecular formula is C28H25ClN8O. The summed E-state index contributed by atoms with van der Waals surface area (Å²) in [6.07, 6.45) is 1.67. The standard InChI is InChI=1S/C28H25ClN8O/c1-19-16-20(2)37(36-19)28-33-26(31-24-14-12-23(29)13-15-24)32-27(34-28)35-30-17-22-10-6-7-11-25(22)38-18-21-8-4-3-5-9-21/h3-17H,18H2,1-2H3,(H2,31,32,33,34,35). The zero-order valence-corrected chi connectivity index (χ0v) is 21.6. The molecule has 0 unspecified atom stereocenters. The van der Waals surface area contributed by atoms with E-state index in [1.807, 2.05) is 86.6 Å². The van der Waals surface area contributed by atoms with Gasteiger partial charge in [-0.2, -0.15) is 25.2 Å². The molecule has 2 N–H and O–H groups in total. The molecule has 0 aliphatic carbocycles. The van der Waals surface area contributed by atoms with Gasteiger partial charge >= 0.3 is 0 Å². The predicted molar refractivity (Wildman–Crippen MR) is 150 cm³/mol. The van der Waals surface area contributed by atoms with Gasteiger partial charge in [-0.3, -0.25) is 0 Å². The first kappa shape index (κ1) is 24.9. The Labute approximate surface area is 225 Å². The van der Waals surface area contributed by atoms with Crippen LogP contribution in [0, 0.1) is 13.8 Å². The summed E-state index contributed by atoms with van der Waals surface area (Å²) in [5, 5.41) is 12.7. The molecule has 0 bridgehead atoms. The van der Waals surface area contributed by atoms with Gasteiger partial charge in [-0.15, -0.1) is 0 Å². The quantitative estimate of drug-likeness (QED) is 0.177. The lowest BCUT2D eigenvalue weighted by Crippen LogP contribution is -2.11. The number of benzene rings is 3. The van der Waals surface area contributed by atoms with Crippen LogP contribution in [0.4, 0.5) is 17.6 Å². The fourth-order valence-corrected chi connectivity index (χ4v) is 3.80. The molecule has 0 saturated heterocycles. The van der Waals surface area contributed by atoms with Crippen LogP contribution in [0.2, 0.25) is 5.02 Å². The second kappa shape index (κ2) is 11.5. The molecule has 5 aromatic rings. The SMILES string of the molecule is Cc1cc(C)n(-c2nc(NN=Cc3ccccc3OCc3ccccc3)nc(Nc3ccc(Cl)cc3)n2)n1. The van der Waals surface area contributed by atoms with Crippen molar-refractivity contribution in [3.8, 4) is 11.7 Å². The summed E-state index contributed by atoms with van der Waals surface area (Å²) in [6.45, 7) is 4.31. The van der Waals surface area contributed by atoms with Gasteiger partial charge in [0.1, 0.15) is 12.4 Å². The number of hydrogen-bond acceptors (Lipinski definition) is 8. The van der Waals surface area contributed by atoms with Crippen LogP contribution in [0.1, 0.15) is 22.5 Å². The number of halogens is 1. The molecule has 0 saturated carbocycles. The minimum Gasteiger partial charge on any atom is -0.488 e. The molecule has 0 atom stereocenters. The summed E-state index contributed by atoms with van der Waals surface area (Å²) in [5.74, 6) is 1.64. The van der Waals surface area contributed by atoms with E-state index >= 15 is 0 Å². The van der Waals surface area contributed by atoms with E-state index in [0.717, 1.165) is 28.2 Å². The Bertz CT molecular complexity index is 1550. The topological polar surface area (TPSA) is 102 Å². The van der Waals surface area contributed by atoms with Crippen molar-refractivity contribution in [3.05, 3.63) is 112 Å². The van der Waals surface area contributed by atoms with Crippen LogP contribution in [0.5, 0.6) is 5.75 Å². The summed E-state index contributed by atoms with van der Waals surface area (Å²) < 4.78 is 7.68. The van der Waals surface area contributed by atoms with Crippen molar-refractivity contribution < 1.29 is 4.74 Å². The first-order valence-corrected chi connectivity index (χ1v) is 12.3. The third-order valence-electron chi connectivity index (χ3n) is 5.45. The molecule has 38 heavy (non-hydrogen) atoms. The summed E-state index contributed by atoms with van der Waals surface area (Å²) in [6, 6.07) is 26.9. The van der Waals surface area contributed by atoms with Gasteiger partial charge in [-0.1, -0.05) is 54.1 Å². The minimum atomic E-state index is 0.248. The summed E-state index contributed by atoms with van der Waals surface area (Å²) in [4.78, 5) is 13.6. The smallest absolute Gasteiger partial charge is 0.257 e. The molecule has 190 valence electrons. The number of para-hydroxylation sites is 1. The van der Waals surface area contributed by atoms with Gasteiger partial charge in [0.15, 0.2) is 0 Å². The number of ether oxygens (including phenoxy) is 1. The normalized spacial score (nSPS) is 11.0. The third kappa shape index (κ3) is 6.32. The number of nitrogens with zero attached hydrogens (tertiary/aromatic N) is 6. The molecule has 0 radical (unpaired) electrons. The average molecular weight is 525 g/mol. The Kier molecular flexibility index (Phi) is 7.56. The van der Waals surface area contributed by atoms with Crippen LogP contribution in [-0.2, 0) is 6.61 Å². The Balaban J connectivity index is 1.38. The molecule has 5 rings (SSSR count). The van der Waals surface area contributed by atoms with E-state index in [1.54, 1.807) is 23.0 Å². The fourth-order valence-electron chi connectivity index (χ4n) is 3.67. The number of nitrogens with one attached hydrogen (secondary N) is 2. The van der Waals surface area contributed by atoms with Crippen molar-refractivity contribution in [1.29, 1.82) is 0 Å². The van der Waals surface area contributed by atoms with E-state index in [1.165, 1.54) is 0 Å². The molecule has 0 aliphatic rings. The molecule has 9 nitrogen and oxygen atoms in total. The van der Waals surface area contributed by atoms with Gasteiger partial charge in [0.05, 0.1) is 11.9 Å². The summed E-state index contributed by atoms with van der Waals surface area (Å²) >= 11 is 6.02. The second-order valence-electron chi connectivity index (χ2n) is 8.44. The van der Waals surface area contributed by atoms with Crippen LogP contribution in [0.25, 0.3) is 5.95 Å². The molecule has 0 fully saturated rings. The lowest BCUT2D eigenvalue weighted by molar-refractivity contribution is 0.306. The predicted octanol–water partition coefficient (Wildman–Crippen LogP) is 6.10. The highest BCUT2D eigenvalue weighted by molar-refractivity contribution is 6.30. The van der Waals surface area contributed by atoms with Crippen LogP contribution in [0.3, 0.4) is 0 Å². The molecule has 0 amide bonds. The second-order valence-corrected chi connectivity index (χ2v) is 8.87. The van der Waals surface area contributed by atoms with Crippen molar-refractivity contribution in [2.75, 3.05) is 10.7 Å². The van der Waals surface area contributed by atoms with E-state index in [-0.39, 0.29) is 5.95 Å². The molecule has 0 aliphatic heterocycles. The highest BCUT2D eigenvalue weighted by Gasteiger charge is 2.12. The van der Waals surface area contributed by atoms with E-state index in [4.69, 9.17) is 16.3 Å². The zero-order chi connectivity index (χ0) is 26.3. The lowest BCUT2D eigenvalue weighted by atomic mass is 10.2. The number of aryl methyl sites for hydroxylation is 2. The molecule has 3 aromatic carbocycles. The largest absolute Gasteiger partial charge is 0.488 e. The molecule has 10 heteroatoms. The lowest BCUT2D eigenvalue weighted by Gasteiger charge is -2.10. The highest BCUT2D eigenvalue weighted by atomic mass is 35.5. The van der Waals surface area contributed by atoms with Crippen molar-refractivity contribution in [3.63, 3.8) is 0 Å². The number of rotatable bonds is 9. The summed E-state index contributed by atoms with van der Waals surface area (Å²) in [5.41, 5.74) is 7.33. The number of anilines is 3. The molecule has 0 spiro atoms. The maximum Gasteiger partial charge on any atom is 0.257 e. The first-order chi connectivity index (χ1) is 18.5. The minimum absolute atomic E-state index is 0.248. The maximum absolute atomic E-state index is 6.02. The van der Waals surface area contributed by atoms with Crippen LogP contribution >= 0.6 is 11.6 Å². The summed E-state index contributed by atoms with van der Waals surface area (Å²) in [7, 11) is 0. The fraction of sp³-hybridized carbons (Fsp3) is 0.107. The van der Waals surface area contributed by atoms with Crippen LogP contribution in [0.15, 0.2) is 90.0 Å². The van der Waals surface area contributed by atoms with E-state index in [0.29, 0.717) is 29.3 Å². The number of hydrogen-bond donors (Lipinski definition) is 2. The molecule has 2 aromatic heterocycles. The Morgan fingerprint density at radius 3 is 2.39 bits per heavy atom. The Morgan fingerprint density at radius 2 is 1.63 bits per heavy atom. The van der Waals surface area contributed by atoms with Crippen molar-refractivity contribution in [1.82, 2.24) is 24.7 Å². The van der Waals surface area contributed by atoms with E-state index in [2.05, 4.69) is 35.9 Å². The van der Waals surface area contributed by atoms with Crippen molar-refractivity contribution >= 4 is 35.4 Å². The zero-order valence-electron chi connectivity index (χ0n) is 20.8. The number of aromatic nitrogens is 5. The van der Waals surface area contributed by atoms with Gasteiger partial charge < -0.3 is 10.1 Å². The monoisotopic (exact) mass is 524 g/mol. The molecular weight excluding hydrogens is 500 g/mol. The van der Waals surface area contributed by atoms with Crippen molar-refractivity contribution in [2.45, 2.75) is 20.5 Å². The van der Waals surface area contributed by atoms with Gasteiger partial charge in [0.25, 0.3) is 5.95 Å². The van der Waals surface area contributed by atoms with Gasteiger partial charge in [-0.25, -0.2) is 10.1 Å². The molecule has 2 heterocycles. The first-order valence-electron chi connectivity index (χ1n) is 11.9. The van der Waals surface area contributed by atoms with Gasteiger partial charge in [0.2, 0.25) is 11.9 Å². The highest BCUT2D eigenvalue weighted by Crippen LogP contribution is 2.20. The number of hydrazone groups is 1. The Morgan fingerprint density at radius 1 is 0.895 bits per heavy atom. The average Bonchev–Trinajstić information content (AvgIpc) is 3.27. The van der Waals surface area contributed by atoms with Crippen LogP contribution < -0.4 is 15.5 Å². The van der Waals surface area contributed by atoms with Crippen molar-refractivity contribution in [2.24, 2.45) is 5.10 Å². The third-order valence-corrected chi connectivity index (χ3v) is 5.70. The van der Waals surface area contributed by atoms with E-state index < -0.39 is 0 Å². The van der Waals surface area contributed by atoms with Gasteiger partial charge in [0, 0.05) is 22.0 Å². The van der Waals surface area contributed by atoms with Gasteiger partial charge in [-0.05, 0) is 61.9 Å². The maximum atomic E-state index is 6.02. The Hall–Kier alpha value is -4.76. The van der Waals surface area contributed by atoms with Crippen LogP contribution in [-0.4, -0.2) is 30.9 Å².